The molecule has 0 spiro atoms. The van der Waals surface area contributed by atoms with Crippen molar-refractivity contribution in [2.24, 2.45) is 0 Å². The number of phenols is 1. The van der Waals surface area contributed by atoms with E-state index in [-0.39, 0.29) is 12.2 Å². The molecule has 0 bridgehead atoms. The Morgan fingerprint density at radius 3 is 2.79 bits per heavy atom. The average molecular weight is 194 g/mol. The topological polar surface area (TPSA) is 46.5 Å². The highest BCUT2D eigenvalue weighted by Crippen LogP contribution is 2.29. The van der Waals surface area contributed by atoms with Gasteiger partial charge in [0, 0.05) is 13.5 Å². The summed E-state index contributed by atoms with van der Waals surface area (Å²) < 4.78 is 5.28. The fourth-order valence-electron chi connectivity index (χ4n) is 1.31. The molecule has 0 saturated heterocycles. The molecule has 0 aliphatic heterocycles. The second kappa shape index (κ2) is 4.24. The first-order valence-corrected chi connectivity index (χ1v) is 4.40. The van der Waals surface area contributed by atoms with Crippen LogP contribution in [0, 0.1) is 0 Å². The van der Waals surface area contributed by atoms with Crippen molar-refractivity contribution in [1.82, 2.24) is 0 Å². The summed E-state index contributed by atoms with van der Waals surface area (Å²) in [5, 5.41) is 9.30. The van der Waals surface area contributed by atoms with Crippen LogP contribution in [0.3, 0.4) is 0 Å². The number of hydrogen-bond donors (Lipinski definition) is 1. The van der Waals surface area contributed by atoms with Crippen LogP contribution >= 0.6 is 0 Å². The van der Waals surface area contributed by atoms with E-state index in [1.54, 1.807) is 25.3 Å². The predicted molar refractivity (Wildman–Crippen MR) is 53.1 cm³/mol. The maximum atomic E-state index is 10.5. The number of hydrogen-bond acceptors (Lipinski definition) is 3. The van der Waals surface area contributed by atoms with E-state index in [9.17, 15) is 9.90 Å². The standard InChI is InChI=1S/C11H14O3/c1-11(14-2,6-7-12)9-4-3-5-10(13)8-9/h3-5,7-8,13H,6H2,1-2H3. The number of methoxy groups -OCH3 is 1. The van der Waals surface area contributed by atoms with Gasteiger partial charge in [0.05, 0.1) is 5.60 Å². The Hall–Kier alpha value is -1.35. The Labute approximate surface area is 83.3 Å². The van der Waals surface area contributed by atoms with Gasteiger partial charge in [0.15, 0.2) is 0 Å². The van der Waals surface area contributed by atoms with Crippen molar-refractivity contribution in [3.63, 3.8) is 0 Å². The second-order valence-corrected chi connectivity index (χ2v) is 3.36. The summed E-state index contributed by atoms with van der Waals surface area (Å²) in [6, 6.07) is 6.74. The van der Waals surface area contributed by atoms with E-state index >= 15 is 0 Å². The van der Waals surface area contributed by atoms with Crippen LogP contribution in [-0.4, -0.2) is 18.5 Å². The van der Waals surface area contributed by atoms with Crippen LogP contribution < -0.4 is 0 Å². The van der Waals surface area contributed by atoms with Gasteiger partial charge in [-0.1, -0.05) is 12.1 Å². The van der Waals surface area contributed by atoms with Crippen molar-refractivity contribution in [3.05, 3.63) is 29.8 Å². The molecule has 0 aliphatic carbocycles. The summed E-state index contributed by atoms with van der Waals surface area (Å²) in [6.45, 7) is 1.82. The summed E-state index contributed by atoms with van der Waals surface area (Å²) in [5.41, 5.74) is 0.146. The fraction of sp³-hybridized carbons (Fsp3) is 0.364. The van der Waals surface area contributed by atoms with Crippen molar-refractivity contribution in [3.8, 4) is 5.75 Å². The highest BCUT2D eigenvalue weighted by atomic mass is 16.5. The van der Waals surface area contributed by atoms with Gasteiger partial charge in [-0.25, -0.2) is 0 Å². The summed E-state index contributed by atoms with van der Waals surface area (Å²) in [4.78, 5) is 10.5. The molecule has 1 unspecified atom stereocenters. The largest absolute Gasteiger partial charge is 0.508 e. The van der Waals surface area contributed by atoms with Gasteiger partial charge in [-0.15, -0.1) is 0 Å². The number of phenolic OH excluding ortho intramolecular Hbond substituents is 1. The minimum atomic E-state index is -0.652. The van der Waals surface area contributed by atoms with Gasteiger partial charge in [-0.3, -0.25) is 0 Å². The van der Waals surface area contributed by atoms with E-state index in [0.717, 1.165) is 11.8 Å². The molecule has 0 aromatic heterocycles. The van der Waals surface area contributed by atoms with Crippen molar-refractivity contribution >= 4 is 6.29 Å². The second-order valence-electron chi connectivity index (χ2n) is 3.36. The molecule has 1 N–H and O–H groups in total. The van der Waals surface area contributed by atoms with Gasteiger partial charge in [0.2, 0.25) is 0 Å². The lowest BCUT2D eigenvalue weighted by atomic mass is 9.93. The van der Waals surface area contributed by atoms with Crippen LogP contribution in [0.4, 0.5) is 0 Å². The Morgan fingerprint density at radius 1 is 1.57 bits per heavy atom. The van der Waals surface area contributed by atoms with Crippen molar-refractivity contribution in [1.29, 1.82) is 0 Å². The zero-order valence-corrected chi connectivity index (χ0v) is 8.36. The smallest absolute Gasteiger partial charge is 0.123 e. The molecule has 0 fully saturated rings. The number of benzene rings is 1. The fourth-order valence-corrected chi connectivity index (χ4v) is 1.31. The van der Waals surface area contributed by atoms with Gasteiger partial charge in [-0.2, -0.15) is 0 Å². The molecule has 1 aromatic carbocycles. The van der Waals surface area contributed by atoms with E-state index in [2.05, 4.69) is 0 Å². The minimum absolute atomic E-state index is 0.177. The van der Waals surface area contributed by atoms with E-state index in [4.69, 9.17) is 4.74 Å². The zero-order chi connectivity index (χ0) is 10.6. The van der Waals surface area contributed by atoms with Crippen LogP contribution in [0.25, 0.3) is 0 Å². The molecular weight excluding hydrogens is 180 g/mol. The zero-order valence-electron chi connectivity index (χ0n) is 8.36. The SMILES string of the molecule is COC(C)(CC=O)c1cccc(O)c1. The van der Waals surface area contributed by atoms with Gasteiger partial charge in [0.25, 0.3) is 0 Å². The highest BCUT2D eigenvalue weighted by Gasteiger charge is 2.25. The maximum absolute atomic E-state index is 10.5. The number of carbonyl (C=O) groups excluding carboxylic acids is 1. The molecule has 0 amide bonds. The van der Waals surface area contributed by atoms with Gasteiger partial charge < -0.3 is 14.6 Å². The number of ether oxygens (including phenoxy) is 1. The third-order valence-electron chi connectivity index (χ3n) is 2.38. The average Bonchev–Trinajstić information content (AvgIpc) is 2.18. The molecule has 3 nitrogen and oxygen atoms in total. The monoisotopic (exact) mass is 194 g/mol. The van der Waals surface area contributed by atoms with Crippen LogP contribution in [-0.2, 0) is 15.1 Å². The predicted octanol–water partition coefficient (Wildman–Crippen LogP) is 1.84. The van der Waals surface area contributed by atoms with Crippen molar-refractivity contribution in [2.75, 3.05) is 7.11 Å². The third-order valence-corrected chi connectivity index (χ3v) is 2.38. The third kappa shape index (κ3) is 2.12. The lowest BCUT2D eigenvalue weighted by Gasteiger charge is -2.26. The Morgan fingerprint density at radius 2 is 2.29 bits per heavy atom. The van der Waals surface area contributed by atoms with Crippen LogP contribution in [0.15, 0.2) is 24.3 Å². The Balaban J connectivity index is 3.05. The molecule has 14 heavy (non-hydrogen) atoms. The normalized spacial score (nSPS) is 14.7. The molecule has 76 valence electrons. The highest BCUT2D eigenvalue weighted by molar-refractivity contribution is 5.53. The first-order valence-electron chi connectivity index (χ1n) is 4.40. The van der Waals surface area contributed by atoms with Gasteiger partial charge in [-0.05, 0) is 24.6 Å². The molecule has 3 heteroatoms. The summed E-state index contributed by atoms with van der Waals surface area (Å²) in [7, 11) is 1.55. The molecule has 1 aromatic rings. The van der Waals surface area contributed by atoms with Gasteiger partial charge >= 0.3 is 0 Å². The first-order chi connectivity index (χ1) is 6.62. The quantitative estimate of drug-likeness (QED) is 0.744. The van der Waals surface area contributed by atoms with E-state index in [0.29, 0.717) is 0 Å². The van der Waals surface area contributed by atoms with E-state index in [1.165, 1.54) is 0 Å². The number of aldehydes is 1. The molecule has 0 aliphatic rings. The van der Waals surface area contributed by atoms with E-state index < -0.39 is 5.60 Å². The minimum Gasteiger partial charge on any atom is -0.508 e. The molecule has 0 heterocycles. The molecule has 0 saturated carbocycles. The van der Waals surface area contributed by atoms with Crippen LogP contribution in [0.5, 0.6) is 5.75 Å². The Kier molecular flexibility index (Phi) is 3.25. The maximum Gasteiger partial charge on any atom is 0.123 e. The first kappa shape index (κ1) is 10.7. The van der Waals surface area contributed by atoms with Crippen molar-refractivity contribution < 1.29 is 14.6 Å². The van der Waals surface area contributed by atoms with Gasteiger partial charge in [0.1, 0.15) is 12.0 Å². The summed E-state index contributed by atoms with van der Waals surface area (Å²) in [6.07, 6.45) is 1.08. The molecule has 1 rings (SSSR count). The molecule has 0 radical (unpaired) electrons. The number of rotatable bonds is 4. The summed E-state index contributed by atoms with van der Waals surface area (Å²) >= 11 is 0. The van der Waals surface area contributed by atoms with E-state index in [1.807, 2.05) is 13.0 Å². The van der Waals surface area contributed by atoms with Crippen LogP contribution in [0.1, 0.15) is 18.9 Å². The van der Waals surface area contributed by atoms with Crippen molar-refractivity contribution in [2.45, 2.75) is 18.9 Å². The molecular formula is C11H14O3. The number of aromatic hydroxyl groups is 1. The lowest BCUT2D eigenvalue weighted by molar-refractivity contribution is -0.113. The summed E-state index contributed by atoms with van der Waals surface area (Å²) in [5.74, 6) is 0.177. The van der Waals surface area contributed by atoms with Crippen LogP contribution in [0.2, 0.25) is 0 Å². The lowest BCUT2D eigenvalue weighted by Crippen LogP contribution is -2.24. The number of carbonyl (C=O) groups is 1. The molecule has 1 atom stereocenters. The Bertz CT molecular complexity index is 322.